The average Bonchev–Trinajstić information content (AvgIpc) is 2.95. The van der Waals surface area contributed by atoms with E-state index in [1.54, 1.807) is 12.4 Å². The zero-order chi connectivity index (χ0) is 13.8. The lowest BCUT2D eigenvalue weighted by Gasteiger charge is -2.07. The van der Waals surface area contributed by atoms with Gasteiger partial charge in [-0.3, -0.25) is 0 Å². The number of aliphatic hydroxyl groups is 1. The molecule has 19 heavy (non-hydrogen) atoms. The molecule has 0 aromatic carbocycles. The number of nitrogens with one attached hydrogen (secondary N) is 1. The lowest BCUT2D eigenvalue weighted by molar-refractivity contribution is 0.154. The SMILES string of the molecule is CCCCCCCCCCCCC(O)c1ncc[nH]1. The second-order valence-corrected chi connectivity index (χ2v) is 5.46. The Balaban J connectivity index is 1.83. The highest BCUT2D eigenvalue weighted by Crippen LogP contribution is 2.17. The number of rotatable bonds is 12. The van der Waals surface area contributed by atoms with Crippen LogP contribution < -0.4 is 0 Å². The van der Waals surface area contributed by atoms with Gasteiger partial charge in [0.15, 0.2) is 0 Å². The number of hydrogen-bond acceptors (Lipinski definition) is 2. The first-order valence-electron chi connectivity index (χ1n) is 8.02. The van der Waals surface area contributed by atoms with E-state index >= 15 is 0 Å². The summed E-state index contributed by atoms with van der Waals surface area (Å²) < 4.78 is 0. The predicted molar refractivity (Wildman–Crippen MR) is 80.0 cm³/mol. The fraction of sp³-hybridized carbons (Fsp3) is 0.812. The number of unbranched alkanes of at least 4 members (excludes halogenated alkanes) is 9. The Labute approximate surface area is 117 Å². The van der Waals surface area contributed by atoms with E-state index in [-0.39, 0.29) is 0 Å². The van der Waals surface area contributed by atoms with Crippen molar-refractivity contribution in [2.75, 3.05) is 0 Å². The summed E-state index contributed by atoms with van der Waals surface area (Å²) in [6.45, 7) is 2.26. The van der Waals surface area contributed by atoms with Crippen LogP contribution in [-0.4, -0.2) is 15.1 Å². The normalized spacial score (nSPS) is 12.7. The lowest BCUT2D eigenvalue weighted by Crippen LogP contribution is -1.99. The Morgan fingerprint density at radius 2 is 1.58 bits per heavy atom. The van der Waals surface area contributed by atoms with Crippen LogP contribution in [0.3, 0.4) is 0 Å². The fourth-order valence-electron chi connectivity index (χ4n) is 2.42. The number of hydrogen-bond donors (Lipinski definition) is 2. The Morgan fingerprint density at radius 3 is 2.11 bits per heavy atom. The maximum Gasteiger partial charge on any atom is 0.134 e. The van der Waals surface area contributed by atoms with E-state index in [0.29, 0.717) is 5.82 Å². The Morgan fingerprint density at radius 1 is 1.00 bits per heavy atom. The highest BCUT2D eigenvalue weighted by molar-refractivity contribution is 4.91. The Bertz CT molecular complexity index is 285. The fourth-order valence-corrected chi connectivity index (χ4v) is 2.42. The molecule has 0 amide bonds. The number of imidazole rings is 1. The molecule has 3 nitrogen and oxygen atoms in total. The van der Waals surface area contributed by atoms with Crippen molar-refractivity contribution in [3.05, 3.63) is 18.2 Å². The smallest absolute Gasteiger partial charge is 0.134 e. The molecule has 1 aromatic heterocycles. The van der Waals surface area contributed by atoms with Gasteiger partial charge in [-0.1, -0.05) is 71.1 Å². The summed E-state index contributed by atoms with van der Waals surface area (Å²) in [6, 6.07) is 0. The third kappa shape index (κ3) is 8.04. The van der Waals surface area contributed by atoms with Crippen LogP contribution in [0.2, 0.25) is 0 Å². The van der Waals surface area contributed by atoms with Gasteiger partial charge in [-0.05, 0) is 6.42 Å². The summed E-state index contributed by atoms with van der Waals surface area (Å²) >= 11 is 0. The van der Waals surface area contributed by atoms with Gasteiger partial charge in [0, 0.05) is 12.4 Å². The van der Waals surface area contributed by atoms with Gasteiger partial charge >= 0.3 is 0 Å². The van der Waals surface area contributed by atoms with E-state index in [0.717, 1.165) is 12.8 Å². The first-order valence-corrected chi connectivity index (χ1v) is 8.02. The molecule has 1 atom stereocenters. The summed E-state index contributed by atoms with van der Waals surface area (Å²) in [5, 5.41) is 9.84. The van der Waals surface area contributed by atoms with E-state index in [9.17, 15) is 5.11 Å². The molecular weight excluding hydrogens is 236 g/mol. The topological polar surface area (TPSA) is 48.9 Å². The molecule has 1 heterocycles. The summed E-state index contributed by atoms with van der Waals surface area (Å²) in [7, 11) is 0. The van der Waals surface area contributed by atoms with Crippen LogP contribution in [0.4, 0.5) is 0 Å². The molecule has 1 rings (SSSR count). The van der Waals surface area contributed by atoms with Crippen molar-refractivity contribution >= 4 is 0 Å². The van der Waals surface area contributed by atoms with Gasteiger partial charge in [-0.15, -0.1) is 0 Å². The van der Waals surface area contributed by atoms with Crippen LogP contribution in [0.5, 0.6) is 0 Å². The molecule has 0 aliphatic carbocycles. The van der Waals surface area contributed by atoms with E-state index in [1.165, 1.54) is 57.8 Å². The molecule has 1 unspecified atom stereocenters. The molecule has 0 saturated carbocycles. The zero-order valence-corrected chi connectivity index (χ0v) is 12.4. The minimum Gasteiger partial charge on any atom is -0.385 e. The number of aliphatic hydroxyl groups excluding tert-OH is 1. The van der Waals surface area contributed by atoms with Crippen LogP contribution in [0.15, 0.2) is 12.4 Å². The minimum absolute atomic E-state index is 0.413. The Hall–Kier alpha value is -0.830. The van der Waals surface area contributed by atoms with Crippen molar-refractivity contribution in [2.24, 2.45) is 0 Å². The Kier molecular flexibility index (Phi) is 9.42. The molecule has 0 radical (unpaired) electrons. The lowest BCUT2D eigenvalue weighted by atomic mass is 10.0. The number of aromatic nitrogens is 2. The molecule has 0 saturated heterocycles. The maximum absolute atomic E-state index is 9.84. The van der Waals surface area contributed by atoms with Gasteiger partial charge in [0.05, 0.1) is 0 Å². The second-order valence-electron chi connectivity index (χ2n) is 5.46. The highest BCUT2D eigenvalue weighted by Gasteiger charge is 2.08. The molecule has 0 spiro atoms. The number of H-pyrrole nitrogens is 1. The average molecular weight is 266 g/mol. The maximum atomic E-state index is 9.84. The molecule has 1 aromatic rings. The van der Waals surface area contributed by atoms with Gasteiger partial charge < -0.3 is 10.1 Å². The van der Waals surface area contributed by atoms with E-state index in [2.05, 4.69) is 16.9 Å². The van der Waals surface area contributed by atoms with Gasteiger partial charge in [0.1, 0.15) is 11.9 Å². The quantitative estimate of drug-likeness (QED) is 0.536. The first kappa shape index (κ1) is 16.2. The van der Waals surface area contributed by atoms with Crippen LogP contribution in [0.25, 0.3) is 0 Å². The molecule has 0 aliphatic heterocycles. The van der Waals surface area contributed by atoms with Crippen LogP contribution in [0.1, 0.15) is 89.5 Å². The van der Waals surface area contributed by atoms with Crippen molar-refractivity contribution < 1.29 is 5.11 Å². The van der Waals surface area contributed by atoms with Crippen molar-refractivity contribution in [3.63, 3.8) is 0 Å². The van der Waals surface area contributed by atoms with Crippen molar-refractivity contribution in [1.29, 1.82) is 0 Å². The first-order chi connectivity index (χ1) is 9.34. The van der Waals surface area contributed by atoms with E-state index in [4.69, 9.17) is 0 Å². The van der Waals surface area contributed by atoms with Crippen LogP contribution in [-0.2, 0) is 0 Å². The van der Waals surface area contributed by atoms with Crippen molar-refractivity contribution in [3.8, 4) is 0 Å². The largest absolute Gasteiger partial charge is 0.385 e. The van der Waals surface area contributed by atoms with Crippen LogP contribution in [0, 0.1) is 0 Å². The molecule has 110 valence electrons. The van der Waals surface area contributed by atoms with E-state index < -0.39 is 6.10 Å². The van der Waals surface area contributed by atoms with Crippen LogP contribution >= 0.6 is 0 Å². The van der Waals surface area contributed by atoms with Crippen molar-refractivity contribution in [1.82, 2.24) is 9.97 Å². The second kappa shape index (κ2) is 11.0. The molecular formula is C16H30N2O. The van der Waals surface area contributed by atoms with Gasteiger partial charge in [0.2, 0.25) is 0 Å². The monoisotopic (exact) mass is 266 g/mol. The zero-order valence-electron chi connectivity index (χ0n) is 12.4. The molecule has 0 aliphatic rings. The summed E-state index contributed by atoms with van der Waals surface area (Å²) in [5.41, 5.74) is 0. The predicted octanol–water partition coefficient (Wildman–Crippen LogP) is 4.75. The van der Waals surface area contributed by atoms with Gasteiger partial charge in [0.25, 0.3) is 0 Å². The summed E-state index contributed by atoms with van der Waals surface area (Å²) in [6.07, 6.45) is 17.2. The van der Waals surface area contributed by atoms with Crippen molar-refractivity contribution in [2.45, 2.75) is 83.7 Å². The van der Waals surface area contributed by atoms with E-state index in [1.807, 2.05) is 0 Å². The summed E-state index contributed by atoms with van der Waals surface area (Å²) in [5.74, 6) is 0.705. The van der Waals surface area contributed by atoms with Gasteiger partial charge in [-0.2, -0.15) is 0 Å². The molecule has 2 N–H and O–H groups in total. The minimum atomic E-state index is -0.413. The molecule has 3 heteroatoms. The number of aromatic amines is 1. The number of nitrogens with zero attached hydrogens (tertiary/aromatic N) is 1. The standard InChI is InChI=1S/C16H30N2O/c1-2-3-4-5-6-7-8-9-10-11-12-15(19)16-17-13-14-18-16/h13-15,19H,2-12H2,1H3,(H,17,18). The highest BCUT2D eigenvalue weighted by atomic mass is 16.3. The third-order valence-corrected chi connectivity index (χ3v) is 3.67. The third-order valence-electron chi connectivity index (χ3n) is 3.67. The molecule has 0 fully saturated rings. The molecule has 0 bridgehead atoms. The summed E-state index contributed by atoms with van der Waals surface area (Å²) in [4.78, 5) is 7.04. The van der Waals surface area contributed by atoms with Gasteiger partial charge in [-0.25, -0.2) is 4.98 Å².